The summed E-state index contributed by atoms with van der Waals surface area (Å²) in [4.78, 5) is 19.2. The summed E-state index contributed by atoms with van der Waals surface area (Å²) in [7, 11) is 0. The van der Waals surface area contributed by atoms with Crippen molar-refractivity contribution in [3.05, 3.63) is 30.2 Å². The molecule has 3 atom stereocenters. The second kappa shape index (κ2) is 8.53. The summed E-state index contributed by atoms with van der Waals surface area (Å²) in [5.74, 6) is 1.74. The van der Waals surface area contributed by atoms with Crippen LogP contribution < -0.4 is 15.5 Å². The van der Waals surface area contributed by atoms with Gasteiger partial charge in [0.2, 0.25) is 0 Å². The Labute approximate surface area is 194 Å². The first-order chi connectivity index (χ1) is 16.2. The van der Waals surface area contributed by atoms with Crippen LogP contribution in [0.1, 0.15) is 57.4 Å². The Bertz CT molecular complexity index is 1140. The van der Waals surface area contributed by atoms with Gasteiger partial charge >= 0.3 is 0 Å². The van der Waals surface area contributed by atoms with Crippen LogP contribution in [-0.4, -0.2) is 56.5 Å². The van der Waals surface area contributed by atoms with Crippen molar-refractivity contribution >= 4 is 28.5 Å². The first-order valence-electron chi connectivity index (χ1n) is 12.3. The third-order valence-electron chi connectivity index (χ3n) is 7.22. The average Bonchev–Trinajstić information content (AvgIpc) is 3.23. The molecule has 0 radical (unpaired) electrons. The van der Waals surface area contributed by atoms with E-state index >= 15 is 0 Å². The Balaban J connectivity index is 1.46. The number of pyridine rings is 1. The van der Waals surface area contributed by atoms with E-state index in [9.17, 15) is 0 Å². The smallest absolute Gasteiger partial charge is 0.183 e. The van der Waals surface area contributed by atoms with Crippen LogP contribution in [0, 0.1) is 0 Å². The lowest BCUT2D eigenvalue weighted by Crippen LogP contribution is -2.46. The highest BCUT2D eigenvalue weighted by atomic mass is 16.5. The van der Waals surface area contributed by atoms with Crippen molar-refractivity contribution < 1.29 is 4.74 Å². The van der Waals surface area contributed by atoms with Crippen LogP contribution in [-0.2, 0) is 11.2 Å². The molecule has 174 valence electrons. The third-order valence-corrected chi connectivity index (χ3v) is 7.22. The van der Waals surface area contributed by atoms with Gasteiger partial charge in [-0.2, -0.15) is 0 Å². The number of anilines is 3. The fraction of sp³-hybridized carbons (Fsp3) is 0.583. The molecule has 3 unspecified atom stereocenters. The quantitative estimate of drug-likeness (QED) is 0.652. The summed E-state index contributed by atoms with van der Waals surface area (Å²) in [6, 6.07) is 4.72. The van der Waals surface area contributed by atoms with Gasteiger partial charge in [-0.15, -0.1) is 5.10 Å². The second-order valence-electron chi connectivity index (χ2n) is 9.54. The zero-order chi connectivity index (χ0) is 22.4. The lowest BCUT2D eigenvalue weighted by atomic mass is 9.99. The molecule has 2 N–H and O–H groups in total. The van der Waals surface area contributed by atoms with E-state index in [0.29, 0.717) is 6.04 Å². The molecule has 0 spiro atoms. The van der Waals surface area contributed by atoms with E-state index in [1.807, 2.05) is 23.1 Å². The number of aromatic nitrogens is 5. The van der Waals surface area contributed by atoms with Crippen molar-refractivity contribution in [2.45, 2.75) is 70.2 Å². The van der Waals surface area contributed by atoms with Crippen molar-refractivity contribution in [1.29, 1.82) is 0 Å². The highest BCUT2D eigenvalue weighted by molar-refractivity contribution is 5.88. The molecule has 3 aromatic heterocycles. The molecule has 3 aromatic rings. The van der Waals surface area contributed by atoms with E-state index in [1.165, 1.54) is 0 Å². The molecular weight excluding hydrogens is 416 g/mol. The number of ether oxygens (including phenoxy) is 1. The zero-order valence-corrected chi connectivity index (χ0v) is 19.2. The van der Waals surface area contributed by atoms with Crippen LogP contribution in [0.4, 0.5) is 17.3 Å². The molecule has 2 fully saturated rings. The number of nitrogens with two attached hydrogens (primary N) is 1. The number of hydrogen-bond acceptors (Lipinski definition) is 8. The first kappa shape index (κ1) is 20.8. The Morgan fingerprint density at radius 2 is 2.06 bits per heavy atom. The fourth-order valence-electron chi connectivity index (χ4n) is 5.48. The van der Waals surface area contributed by atoms with Gasteiger partial charge in [-0.1, -0.05) is 0 Å². The molecule has 33 heavy (non-hydrogen) atoms. The second-order valence-corrected chi connectivity index (χ2v) is 9.54. The Morgan fingerprint density at radius 1 is 1.12 bits per heavy atom. The number of aryl methyl sites for hydroxylation is 1. The summed E-state index contributed by atoms with van der Waals surface area (Å²) >= 11 is 0. The molecule has 9 nitrogen and oxygen atoms in total. The molecule has 0 aromatic carbocycles. The predicted octanol–water partition coefficient (Wildman–Crippen LogP) is 3.32. The van der Waals surface area contributed by atoms with Crippen molar-refractivity contribution in [2.75, 3.05) is 29.5 Å². The van der Waals surface area contributed by atoms with Gasteiger partial charge in [-0.3, -0.25) is 4.98 Å². The van der Waals surface area contributed by atoms with Crippen molar-refractivity contribution in [1.82, 2.24) is 24.7 Å². The van der Waals surface area contributed by atoms with E-state index in [2.05, 4.69) is 27.8 Å². The normalized spacial score (nSPS) is 25.9. The van der Waals surface area contributed by atoms with Crippen LogP contribution in [0.15, 0.2) is 24.5 Å². The molecular formula is C24H32N8O. The highest BCUT2D eigenvalue weighted by Gasteiger charge is 2.30. The third kappa shape index (κ3) is 3.73. The van der Waals surface area contributed by atoms with E-state index in [-0.39, 0.29) is 12.3 Å². The SMILES string of the molecule is CC1CC(N)CCN1c1cnc2c(N3CCCc4ncccc43)nn(C3CCCCO3)c2n1. The molecule has 0 aliphatic carbocycles. The molecule has 0 amide bonds. The molecule has 2 saturated heterocycles. The van der Waals surface area contributed by atoms with E-state index < -0.39 is 0 Å². The van der Waals surface area contributed by atoms with Crippen molar-refractivity contribution in [3.8, 4) is 0 Å². The Hall–Kier alpha value is -2.78. The van der Waals surface area contributed by atoms with Gasteiger partial charge in [0.25, 0.3) is 0 Å². The van der Waals surface area contributed by atoms with Gasteiger partial charge < -0.3 is 20.3 Å². The van der Waals surface area contributed by atoms with E-state index in [0.717, 1.165) is 98.8 Å². The average molecular weight is 449 g/mol. The predicted molar refractivity (Wildman–Crippen MR) is 128 cm³/mol. The number of nitrogens with zero attached hydrogens (tertiary/aromatic N) is 7. The van der Waals surface area contributed by atoms with Crippen LogP contribution in [0.3, 0.4) is 0 Å². The molecule has 0 saturated carbocycles. The summed E-state index contributed by atoms with van der Waals surface area (Å²) in [5, 5.41) is 5.08. The minimum Gasteiger partial charge on any atom is -0.356 e. The Morgan fingerprint density at radius 3 is 2.91 bits per heavy atom. The van der Waals surface area contributed by atoms with Crippen LogP contribution >= 0.6 is 0 Å². The number of rotatable bonds is 3. The molecule has 9 heteroatoms. The number of piperidine rings is 1. The maximum Gasteiger partial charge on any atom is 0.183 e. The van der Waals surface area contributed by atoms with Crippen molar-refractivity contribution in [3.63, 3.8) is 0 Å². The molecule has 6 heterocycles. The largest absolute Gasteiger partial charge is 0.356 e. The van der Waals surface area contributed by atoms with Crippen LogP contribution in [0.2, 0.25) is 0 Å². The molecule has 6 rings (SSSR count). The first-order valence-corrected chi connectivity index (χ1v) is 12.3. The maximum absolute atomic E-state index is 6.20. The molecule has 0 bridgehead atoms. The lowest BCUT2D eigenvalue weighted by Gasteiger charge is -2.37. The number of fused-ring (bicyclic) bond motifs is 2. The minimum atomic E-state index is -0.107. The zero-order valence-electron chi connectivity index (χ0n) is 19.2. The highest BCUT2D eigenvalue weighted by Crippen LogP contribution is 2.37. The van der Waals surface area contributed by atoms with Gasteiger partial charge in [-0.25, -0.2) is 14.6 Å². The van der Waals surface area contributed by atoms with Crippen molar-refractivity contribution in [2.24, 2.45) is 5.73 Å². The van der Waals surface area contributed by atoms with E-state index in [4.69, 9.17) is 25.5 Å². The minimum absolute atomic E-state index is 0.107. The Kier molecular flexibility index (Phi) is 5.38. The number of hydrogen-bond donors (Lipinski definition) is 1. The van der Waals surface area contributed by atoms with Crippen LogP contribution in [0.5, 0.6) is 0 Å². The van der Waals surface area contributed by atoms with Crippen LogP contribution in [0.25, 0.3) is 11.2 Å². The standard InChI is InChI=1S/C24H32N8O/c1-16-14-17(25)9-12-30(16)20-15-27-22-23(28-20)32(21-8-2-3-13-33-21)29-24(22)31-11-5-6-18-19(31)7-4-10-26-18/h4,7,10,15-17,21H,2-3,5-6,8-9,11-14,25H2,1H3. The lowest BCUT2D eigenvalue weighted by molar-refractivity contribution is -0.0368. The molecule has 3 aliphatic heterocycles. The molecule has 3 aliphatic rings. The van der Waals surface area contributed by atoms with Gasteiger partial charge in [0.05, 0.1) is 17.6 Å². The fourth-order valence-corrected chi connectivity index (χ4v) is 5.48. The van der Waals surface area contributed by atoms with Gasteiger partial charge in [-0.05, 0) is 64.0 Å². The summed E-state index contributed by atoms with van der Waals surface area (Å²) in [5.41, 5.74) is 10.1. The summed E-state index contributed by atoms with van der Waals surface area (Å²) < 4.78 is 8.11. The topological polar surface area (TPSA) is 98.2 Å². The summed E-state index contributed by atoms with van der Waals surface area (Å²) in [6.07, 6.45) is 10.8. The maximum atomic E-state index is 6.20. The monoisotopic (exact) mass is 448 g/mol. The summed E-state index contributed by atoms with van der Waals surface area (Å²) in [6.45, 7) is 4.76. The van der Waals surface area contributed by atoms with Gasteiger partial charge in [0.1, 0.15) is 5.82 Å². The van der Waals surface area contributed by atoms with Gasteiger partial charge in [0, 0.05) is 38.0 Å². The van der Waals surface area contributed by atoms with E-state index in [1.54, 1.807) is 0 Å². The van der Waals surface area contributed by atoms with Gasteiger partial charge in [0.15, 0.2) is 23.2 Å².